The monoisotopic (exact) mass is 527 g/mol. The van der Waals surface area contributed by atoms with Crippen molar-refractivity contribution in [1.29, 1.82) is 0 Å². The summed E-state index contributed by atoms with van der Waals surface area (Å²) in [5.41, 5.74) is 2.09. The van der Waals surface area contributed by atoms with Crippen LogP contribution in [0.15, 0.2) is 29.3 Å². The Labute approximate surface area is 196 Å². The number of aliphatic imine (C=N–C) groups is 1. The molecule has 0 aromatic heterocycles. The van der Waals surface area contributed by atoms with Gasteiger partial charge in [0, 0.05) is 38.8 Å². The number of nitrogens with zero attached hydrogens (tertiary/aromatic N) is 2. The number of carbonyl (C=O) groups is 2. The molecule has 0 unspecified atom stereocenters. The van der Waals surface area contributed by atoms with Crippen LogP contribution in [0.3, 0.4) is 0 Å². The Kier molecular flexibility index (Phi) is 9.38. The molecule has 7 nitrogen and oxygen atoms in total. The van der Waals surface area contributed by atoms with Crippen LogP contribution >= 0.6 is 24.0 Å². The standard InChI is InChI=1S/C22H33N5O2.HI/c1-3-22(10-4-5-11-22)16-26-21(23-2)25-14-17-6-8-18(9-7-17)20(29)27-13-12-24-19(28)15-27;/h6-9H,3-5,10-16H2,1-2H3,(H,24,28)(H2,23,25,26);1H. The molecule has 1 aliphatic carbocycles. The number of hydrogen-bond acceptors (Lipinski definition) is 3. The molecule has 0 spiro atoms. The van der Waals surface area contributed by atoms with E-state index in [2.05, 4.69) is 27.9 Å². The summed E-state index contributed by atoms with van der Waals surface area (Å²) in [6, 6.07) is 7.55. The SMILES string of the molecule is CCC1(CNC(=NC)NCc2ccc(C(=O)N3CCNC(=O)C3)cc2)CCCC1.I. The molecule has 1 aromatic rings. The first-order valence-electron chi connectivity index (χ1n) is 10.6. The maximum atomic E-state index is 12.5. The summed E-state index contributed by atoms with van der Waals surface area (Å²) in [5, 5.41) is 9.59. The van der Waals surface area contributed by atoms with E-state index in [1.807, 2.05) is 24.3 Å². The fourth-order valence-electron chi connectivity index (χ4n) is 4.22. The number of halogens is 1. The Morgan fingerprint density at radius 2 is 1.90 bits per heavy atom. The normalized spacial score (nSPS) is 18.4. The fourth-order valence-corrected chi connectivity index (χ4v) is 4.22. The Hall–Kier alpha value is -1.84. The first kappa shape index (κ1) is 24.4. The van der Waals surface area contributed by atoms with Crippen molar-refractivity contribution in [2.45, 2.75) is 45.6 Å². The van der Waals surface area contributed by atoms with Crippen molar-refractivity contribution in [2.24, 2.45) is 10.4 Å². The van der Waals surface area contributed by atoms with E-state index in [0.29, 0.717) is 30.6 Å². The molecular formula is C22H34IN5O2. The summed E-state index contributed by atoms with van der Waals surface area (Å²) in [7, 11) is 1.79. The van der Waals surface area contributed by atoms with E-state index in [9.17, 15) is 9.59 Å². The maximum absolute atomic E-state index is 12.5. The van der Waals surface area contributed by atoms with Crippen molar-refractivity contribution >= 4 is 41.8 Å². The average molecular weight is 527 g/mol. The van der Waals surface area contributed by atoms with Gasteiger partial charge in [-0.05, 0) is 42.4 Å². The number of benzene rings is 1. The van der Waals surface area contributed by atoms with Gasteiger partial charge in [-0.1, -0.05) is 31.9 Å². The van der Waals surface area contributed by atoms with Gasteiger partial charge in [0.15, 0.2) is 5.96 Å². The molecule has 0 bridgehead atoms. The van der Waals surface area contributed by atoms with Gasteiger partial charge >= 0.3 is 0 Å². The number of rotatable bonds is 6. The van der Waals surface area contributed by atoms with Crippen LogP contribution in [0.1, 0.15) is 54.9 Å². The van der Waals surface area contributed by atoms with Crippen molar-refractivity contribution in [3.8, 4) is 0 Å². The molecule has 3 N–H and O–H groups in total. The van der Waals surface area contributed by atoms with Gasteiger partial charge in [0.05, 0.1) is 6.54 Å². The third kappa shape index (κ3) is 6.33. The highest BCUT2D eigenvalue weighted by Gasteiger charge is 2.31. The summed E-state index contributed by atoms with van der Waals surface area (Å²) < 4.78 is 0. The van der Waals surface area contributed by atoms with E-state index in [-0.39, 0.29) is 42.3 Å². The predicted molar refractivity (Wildman–Crippen MR) is 130 cm³/mol. The molecule has 1 saturated carbocycles. The van der Waals surface area contributed by atoms with Crippen LogP contribution in [0.4, 0.5) is 0 Å². The van der Waals surface area contributed by atoms with Crippen molar-refractivity contribution < 1.29 is 9.59 Å². The minimum Gasteiger partial charge on any atom is -0.356 e. The van der Waals surface area contributed by atoms with Gasteiger partial charge in [-0.2, -0.15) is 0 Å². The van der Waals surface area contributed by atoms with Crippen LogP contribution in [0.25, 0.3) is 0 Å². The molecule has 3 rings (SSSR count). The number of guanidine groups is 1. The molecule has 30 heavy (non-hydrogen) atoms. The summed E-state index contributed by atoms with van der Waals surface area (Å²) >= 11 is 0. The lowest BCUT2D eigenvalue weighted by molar-refractivity contribution is -0.123. The first-order chi connectivity index (χ1) is 14.0. The minimum absolute atomic E-state index is 0. The molecule has 2 fully saturated rings. The fraction of sp³-hybridized carbons (Fsp3) is 0.591. The smallest absolute Gasteiger partial charge is 0.254 e. The Morgan fingerprint density at radius 3 is 2.50 bits per heavy atom. The highest BCUT2D eigenvalue weighted by Crippen LogP contribution is 2.40. The second-order valence-corrected chi connectivity index (χ2v) is 8.11. The Bertz CT molecular complexity index is 744. The van der Waals surface area contributed by atoms with E-state index in [0.717, 1.165) is 18.1 Å². The van der Waals surface area contributed by atoms with Crippen molar-refractivity contribution in [2.75, 3.05) is 33.2 Å². The number of amides is 2. The number of piperazine rings is 1. The van der Waals surface area contributed by atoms with Crippen LogP contribution in [-0.2, 0) is 11.3 Å². The predicted octanol–water partition coefficient (Wildman–Crippen LogP) is 2.51. The third-order valence-electron chi connectivity index (χ3n) is 6.26. The van der Waals surface area contributed by atoms with Gasteiger partial charge in [-0.15, -0.1) is 24.0 Å². The maximum Gasteiger partial charge on any atom is 0.254 e. The van der Waals surface area contributed by atoms with Crippen LogP contribution in [-0.4, -0.2) is 55.9 Å². The highest BCUT2D eigenvalue weighted by molar-refractivity contribution is 14.0. The molecule has 1 saturated heterocycles. The van der Waals surface area contributed by atoms with E-state index >= 15 is 0 Å². The highest BCUT2D eigenvalue weighted by atomic mass is 127. The van der Waals surface area contributed by atoms with Crippen LogP contribution in [0.5, 0.6) is 0 Å². The lowest BCUT2D eigenvalue weighted by Crippen LogP contribution is -2.49. The second kappa shape index (κ2) is 11.5. The number of carbonyl (C=O) groups excluding carboxylic acids is 2. The third-order valence-corrected chi connectivity index (χ3v) is 6.26. The lowest BCUT2D eigenvalue weighted by Gasteiger charge is -2.28. The zero-order valence-corrected chi connectivity index (χ0v) is 20.3. The molecule has 1 aliphatic heterocycles. The van der Waals surface area contributed by atoms with E-state index in [1.165, 1.54) is 32.1 Å². The van der Waals surface area contributed by atoms with Crippen LogP contribution in [0.2, 0.25) is 0 Å². The van der Waals surface area contributed by atoms with Gasteiger partial charge in [-0.25, -0.2) is 0 Å². The molecule has 1 heterocycles. The number of hydrogen-bond donors (Lipinski definition) is 3. The van der Waals surface area contributed by atoms with E-state index in [4.69, 9.17) is 0 Å². The molecule has 2 aliphatic rings. The van der Waals surface area contributed by atoms with Crippen molar-refractivity contribution in [3.05, 3.63) is 35.4 Å². The summed E-state index contributed by atoms with van der Waals surface area (Å²) in [6.07, 6.45) is 6.44. The van der Waals surface area contributed by atoms with Crippen LogP contribution in [0, 0.1) is 5.41 Å². The van der Waals surface area contributed by atoms with E-state index < -0.39 is 0 Å². The molecule has 2 amide bonds. The Balaban J connectivity index is 0.00000320. The largest absolute Gasteiger partial charge is 0.356 e. The van der Waals surface area contributed by atoms with Crippen LogP contribution < -0.4 is 16.0 Å². The molecule has 0 radical (unpaired) electrons. The summed E-state index contributed by atoms with van der Waals surface area (Å²) in [6.45, 7) is 5.07. The summed E-state index contributed by atoms with van der Waals surface area (Å²) in [4.78, 5) is 30.0. The first-order valence-corrected chi connectivity index (χ1v) is 10.6. The molecular weight excluding hydrogens is 493 g/mol. The number of nitrogens with one attached hydrogen (secondary N) is 3. The molecule has 8 heteroatoms. The van der Waals surface area contributed by atoms with Gasteiger partial charge in [0.1, 0.15) is 0 Å². The molecule has 0 atom stereocenters. The lowest BCUT2D eigenvalue weighted by atomic mass is 9.83. The second-order valence-electron chi connectivity index (χ2n) is 8.11. The zero-order chi connectivity index (χ0) is 20.7. The topological polar surface area (TPSA) is 85.8 Å². The van der Waals surface area contributed by atoms with Crippen molar-refractivity contribution in [1.82, 2.24) is 20.9 Å². The molecule has 1 aromatic carbocycles. The van der Waals surface area contributed by atoms with Crippen molar-refractivity contribution in [3.63, 3.8) is 0 Å². The van der Waals surface area contributed by atoms with Gasteiger partial charge < -0.3 is 20.9 Å². The quantitative estimate of drug-likeness (QED) is 0.302. The van der Waals surface area contributed by atoms with E-state index in [1.54, 1.807) is 11.9 Å². The zero-order valence-electron chi connectivity index (χ0n) is 18.0. The Morgan fingerprint density at radius 1 is 1.20 bits per heavy atom. The minimum atomic E-state index is -0.105. The van der Waals surface area contributed by atoms with Gasteiger partial charge in [-0.3, -0.25) is 14.6 Å². The van der Waals surface area contributed by atoms with Gasteiger partial charge in [0.25, 0.3) is 5.91 Å². The molecule has 166 valence electrons. The van der Waals surface area contributed by atoms with Gasteiger partial charge in [0.2, 0.25) is 5.91 Å². The summed E-state index contributed by atoms with van der Waals surface area (Å²) in [5.74, 6) is 0.606. The average Bonchev–Trinajstić information content (AvgIpc) is 3.23.